The fourth-order valence-corrected chi connectivity index (χ4v) is 2.24. The lowest BCUT2D eigenvalue weighted by molar-refractivity contribution is -0.139. The van der Waals surface area contributed by atoms with Crippen LogP contribution >= 0.6 is 0 Å². The number of anilines is 1. The number of amides is 1. The van der Waals surface area contributed by atoms with Crippen molar-refractivity contribution < 1.29 is 19.8 Å². The summed E-state index contributed by atoms with van der Waals surface area (Å²) in [5.74, 6) is -1.58. The standard InChI is InChI=1S/C14H18N2O4/c17-7-5-12(14(19)20)16-13(18)10-3-4-11-9(8-10)2-1-6-15-11/h3-4,8,12,15,17H,1-2,5-7H2,(H,16,18)(H,19,20). The molecule has 1 aliphatic heterocycles. The van der Waals surface area contributed by atoms with Crippen LogP contribution in [0.4, 0.5) is 5.69 Å². The zero-order valence-corrected chi connectivity index (χ0v) is 11.1. The highest BCUT2D eigenvalue weighted by molar-refractivity contribution is 5.97. The van der Waals surface area contributed by atoms with E-state index in [0.29, 0.717) is 5.56 Å². The summed E-state index contributed by atoms with van der Waals surface area (Å²) in [6, 6.07) is 4.23. The van der Waals surface area contributed by atoms with E-state index in [1.807, 2.05) is 6.07 Å². The maximum Gasteiger partial charge on any atom is 0.326 e. The van der Waals surface area contributed by atoms with Crippen LogP contribution in [-0.4, -0.2) is 41.3 Å². The van der Waals surface area contributed by atoms with Crippen LogP contribution in [0.5, 0.6) is 0 Å². The molecule has 1 unspecified atom stereocenters. The third-order valence-corrected chi connectivity index (χ3v) is 3.33. The van der Waals surface area contributed by atoms with Gasteiger partial charge >= 0.3 is 5.97 Å². The summed E-state index contributed by atoms with van der Waals surface area (Å²) in [5, 5.41) is 23.4. The van der Waals surface area contributed by atoms with E-state index in [4.69, 9.17) is 10.2 Å². The number of hydrogen-bond acceptors (Lipinski definition) is 4. The maximum absolute atomic E-state index is 12.0. The van der Waals surface area contributed by atoms with Gasteiger partial charge in [-0.3, -0.25) is 4.79 Å². The number of aliphatic hydroxyl groups excluding tert-OH is 1. The third kappa shape index (κ3) is 3.27. The number of aliphatic carboxylic acids is 1. The molecule has 1 aromatic carbocycles. The van der Waals surface area contributed by atoms with Gasteiger partial charge in [0.15, 0.2) is 0 Å². The lowest BCUT2D eigenvalue weighted by atomic mass is 10.0. The van der Waals surface area contributed by atoms with Crippen molar-refractivity contribution in [3.05, 3.63) is 29.3 Å². The van der Waals surface area contributed by atoms with Crippen LogP contribution in [0, 0.1) is 0 Å². The minimum absolute atomic E-state index is 0.00638. The molecule has 1 atom stereocenters. The van der Waals surface area contributed by atoms with Crippen LogP contribution in [0.1, 0.15) is 28.8 Å². The molecule has 0 radical (unpaired) electrons. The Kier molecular flexibility index (Phi) is 4.57. The van der Waals surface area contributed by atoms with Gasteiger partial charge in [-0.2, -0.15) is 0 Å². The van der Waals surface area contributed by atoms with Gasteiger partial charge in [0.25, 0.3) is 5.91 Å². The molecule has 0 spiro atoms. The van der Waals surface area contributed by atoms with Gasteiger partial charge in [0.05, 0.1) is 0 Å². The second kappa shape index (κ2) is 6.38. The molecule has 108 valence electrons. The number of aliphatic hydroxyl groups is 1. The van der Waals surface area contributed by atoms with Crippen LogP contribution in [0.2, 0.25) is 0 Å². The van der Waals surface area contributed by atoms with Gasteiger partial charge in [0.2, 0.25) is 0 Å². The van der Waals surface area contributed by atoms with Gasteiger partial charge in [0.1, 0.15) is 6.04 Å². The summed E-state index contributed by atoms with van der Waals surface area (Å²) in [7, 11) is 0. The smallest absolute Gasteiger partial charge is 0.326 e. The van der Waals surface area contributed by atoms with Crippen LogP contribution in [0.3, 0.4) is 0 Å². The Morgan fingerprint density at radius 1 is 1.40 bits per heavy atom. The number of carbonyl (C=O) groups excluding carboxylic acids is 1. The SMILES string of the molecule is O=C(NC(CCO)C(=O)O)c1ccc2c(c1)CCCN2. The fraction of sp³-hybridized carbons (Fsp3) is 0.429. The highest BCUT2D eigenvalue weighted by Gasteiger charge is 2.20. The molecule has 6 heteroatoms. The first-order valence-electron chi connectivity index (χ1n) is 6.63. The molecule has 1 aliphatic rings. The van der Waals surface area contributed by atoms with Crippen molar-refractivity contribution in [2.75, 3.05) is 18.5 Å². The minimum atomic E-state index is -1.15. The number of carboxylic acid groups (broad SMARTS) is 1. The van der Waals surface area contributed by atoms with Crippen LogP contribution in [0.25, 0.3) is 0 Å². The van der Waals surface area contributed by atoms with E-state index in [1.54, 1.807) is 12.1 Å². The molecule has 1 heterocycles. The molecule has 0 aromatic heterocycles. The first-order valence-corrected chi connectivity index (χ1v) is 6.63. The quantitative estimate of drug-likeness (QED) is 0.632. The fourth-order valence-electron chi connectivity index (χ4n) is 2.24. The van der Waals surface area contributed by atoms with Gasteiger partial charge in [-0.05, 0) is 36.6 Å². The van der Waals surface area contributed by atoms with Gasteiger partial charge < -0.3 is 20.8 Å². The summed E-state index contributed by atoms with van der Waals surface area (Å²) in [4.78, 5) is 23.0. The van der Waals surface area contributed by atoms with Crippen molar-refractivity contribution in [1.82, 2.24) is 5.32 Å². The Balaban J connectivity index is 2.10. The number of aryl methyl sites for hydroxylation is 1. The van der Waals surface area contributed by atoms with E-state index in [9.17, 15) is 9.59 Å². The summed E-state index contributed by atoms with van der Waals surface area (Å²) in [6.45, 7) is 0.640. The molecule has 6 nitrogen and oxygen atoms in total. The van der Waals surface area contributed by atoms with E-state index >= 15 is 0 Å². The summed E-state index contributed by atoms with van der Waals surface area (Å²) in [5.41, 5.74) is 2.53. The van der Waals surface area contributed by atoms with Crippen molar-refractivity contribution in [3.63, 3.8) is 0 Å². The minimum Gasteiger partial charge on any atom is -0.480 e. The van der Waals surface area contributed by atoms with Crippen molar-refractivity contribution in [3.8, 4) is 0 Å². The molecule has 1 amide bonds. The number of fused-ring (bicyclic) bond motifs is 1. The van der Waals surface area contributed by atoms with E-state index in [-0.39, 0.29) is 13.0 Å². The molecule has 0 aliphatic carbocycles. The molecular formula is C14H18N2O4. The molecule has 4 N–H and O–H groups in total. The lowest BCUT2D eigenvalue weighted by Gasteiger charge is -2.19. The number of benzene rings is 1. The summed E-state index contributed by atoms with van der Waals surface area (Å²) < 4.78 is 0. The van der Waals surface area contributed by atoms with E-state index < -0.39 is 17.9 Å². The predicted molar refractivity (Wildman–Crippen MR) is 73.8 cm³/mol. The summed E-state index contributed by atoms with van der Waals surface area (Å²) >= 11 is 0. The summed E-state index contributed by atoms with van der Waals surface area (Å²) in [6.07, 6.45) is 1.91. The Bertz CT molecular complexity index is 516. The van der Waals surface area contributed by atoms with E-state index in [0.717, 1.165) is 30.6 Å². The maximum atomic E-state index is 12.0. The highest BCUT2D eigenvalue weighted by atomic mass is 16.4. The van der Waals surface area contributed by atoms with Gasteiger partial charge in [-0.25, -0.2) is 4.79 Å². The molecule has 0 bridgehead atoms. The number of nitrogens with one attached hydrogen (secondary N) is 2. The Morgan fingerprint density at radius 2 is 2.20 bits per heavy atom. The van der Waals surface area contributed by atoms with Crippen LogP contribution in [-0.2, 0) is 11.2 Å². The largest absolute Gasteiger partial charge is 0.480 e. The number of carboxylic acids is 1. The van der Waals surface area contributed by atoms with Crippen molar-refractivity contribution >= 4 is 17.6 Å². The zero-order chi connectivity index (χ0) is 14.5. The van der Waals surface area contributed by atoms with Gasteiger partial charge in [-0.15, -0.1) is 0 Å². The Labute approximate surface area is 116 Å². The number of rotatable bonds is 5. The molecular weight excluding hydrogens is 260 g/mol. The number of hydrogen-bond donors (Lipinski definition) is 4. The van der Waals surface area contributed by atoms with Crippen LogP contribution in [0.15, 0.2) is 18.2 Å². The normalized spacial score (nSPS) is 14.8. The topological polar surface area (TPSA) is 98.7 Å². The average Bonchev–Trinajstić information content (AvgIpc) is 2.46. The third-order valence-electron chi connectivity index (χ3n) is 3.33. The average molecular weight is 278 g/mol. The Hall–Kier alpha value is -2.08. The molecule has 0 fully saturated rings. The molecule has 1 aromatic rings. The molecule has 20 heavy (non-hydrogen) atoms. The zero-order valence-electron chi connectivity index (χ0n) is 11.1. The predicted octanol–water partition coefficient (Wildman–Crippen LogP) is 0.610. The number of carbonyl (C=O) groups is 2. The first kappa shape index (κ1) is 14.3. The molecule has 0 saturated heterocycles. The van der Waals surface area contributed by atoms with E-state index in [2.05, 4.69) is 10.6 Å². The monoisotopic (exact) mass is 278 g/mol. The molecule has 2 rings (SSSR count). The van der Waals surface area contributed by atoms with Crippen molar-refractivity contribution in [2.45, 2.75) is 25.3 Å². The lowest BCUT2D eigenvalue weighted by Crippen LogP contribution is -2.41. The highest BCUT2D eigenvalue weighted by Crippen LogP contribution is 2.22. The van der Waals surface area contributed by atoms with E-state index in [1.165, 1.54) is 0 Å². The second-order valence-electron chi connectivity index (χ2n) is 4.78. The van der Waals surface area contributed by atoms with Crippen LogP contribution < -0.4 is 10.6 Å². The van der Waals surface area contributed by atoms with Gasteiger partial charge in [-0.1, -0.05) is 0 Å². The molecule has 0 saturated carbocycles. The Morgan fingerprint density at radius 3 is 2.90 bits per heavy atom. The van der Waals surface area contributed by atoms with Crippen molar-refractivity contribution in [2.24, 2.45) is 0 Å². The first-order chi connectivity index (χ1) is 9.61. The second-order valence-corrected chi connectivity index (χ2v) is 4.78. The van der Waals surface area contributed by atoms with Gasteiger partial charge in [0, 0.05) is 30.8 Å². The van der Waals surface area contributed by atoms with Crippen molar-refractivity contribution in [1.29, 1.82) is 0 Å².